The van der Waals surface area contributed by atoms with E-state index < -0.39 is 5.97 Å². The third kappa shape index (κ3) is 3.11. The average molecular weight is 261 g/mol. The predicted molar refractivity (Wildman–Crippen MR) is 71.1 cm³/mol. The molecule has 0 radical (unpaired) electrons. The van der Waals surface area contributed by atoms with Gasteiger partial charge in [-0.05, 0) is 25.0 Å². The van der Waals surface area contributed by atoms with Crippen molar-refractivity contribution in [2.45, 2.75) is 25.4 Å². The summed E-state index contributed by atoms with van der Waals surface area (Å²) in [5, 5.41) is 8.83. The molecule has 0 bridgehead atoms. The molecular weight excluding hydrogens is 242 g/mol. The standard InChI is InChI=1S/C14H19N3O2/c18-14(19)11-1-2-12(15-9-11)10-16-5-7-17(8-6-16)13-3-4-13/h1-2,9,13H,3-8,10H2,(H,18,19). The molecule has 2 aliphatic rings. The third-order valence-electron chi connectivity index (χ3n) is 3.93. The van der Waals surface area contributed by atoms with Gasteiger partial charge in [-0.1, -0.05) is 0 Å². The molecule has 2 heterocycles. The van der Waals surface area contributed by atoms with Crippen molar-refractivity contribution in [1.29, 1.82) is 0 Å². The lowest BCUT2D eigenvalue weighted by molar-refractivity contribution is 0.0696. The number of aromatic nitrogens is 1. The van der Waals surface area contributed by atoms with Crippen molar-refractivity contribution in [3.63, 3.8) is 0 Å². The molecule has 1 aromatic rings. The van der Waals surface area contributed by atoms with Gasteiger partial charge in [-0.25, -0.2) is 4.79 Å². The summed E-state index contributed by atoms with van der Waals surface area (Å²) < 4.78 is 0. The van der Waals surface area contributed by atoms with Gasteiger partial charge in [0.05, 0.1) is 11.3 Å². The molecule has 0 amide bonds. The number of aromatic carboxylic acids is 1. The Morgan fingerprint density at radius 1 is 1.26 bits per heavy atom. The molecule has 19 heavy (non-hydrogen) atoms. The van der Waals surface area contributed by atoms with Crippen LogP contribution in [0.15, 0.2) is 18.3 Å². The van der Waals surface area contributed by atoms with Gasteiger partial charge < -0.3 is 5.11 Å². The van der Waals surface area contributed by atoms with Crippen LogP contribution in [-0.4, -0.2) is 58.1 Å². The van der Waals surface area contributed by atoms with Crippen LogP contribution in [0.1, 0.15) is 28.9 Å². The van der Waals surface area contributed by atoms with Crippen LogP contribution in [0.5, 0.6) is 0 Å². The van der Waals surface area contributed by atoms with Gasteiger partial charge >= 0.3 is 5.97 Å². The fourth-order valence-electron chi connectivity index (χ4n) is 2.60. The molecule has 1 saturated heterocycles. The Balaban J connectivity index is 1.52. The van der Waals surface area contributed by atoms with Gasteiger partial charge in [-0.2, -0.15) is 0 Å². The topological polar surface area (TPSA) is 56.7 Å². The van der Waals surface area contributed by atoms with E-state index >= 15 is 0 Å². The van der Waals surface area contributed by atoms with Crippen LogP contribution >= 0.6 is 0 Å². The molecule has 0 aromatic carbocycles. The Labute approximate surface area is 112 Å². The Morgan fingerprint density at radius 3 is 2.53 bits per heavy atom. The van der Waals surface area contributed by atoms with E-state index in [0.29, 0.717) is 0 Å². The minimum atomic E-state index is -0.919. The molecule has 1 aromatic heterocycles. The molecule has 0 unspecified atom stereocenters. The Bertz CT molecular complexity index is 448. The zero-order valence-corrected chi connectivity index (χ0v) is 11.0. The molecule has 2 fully saturated rings. The number of hydrogen-bond donors (Lipinski definition) is 1. The molecule has 1 aliphatic carbocycles. The maximum atomic E-state index is 10.8. The van der Waals surface area contributed by atoms with Crippen molar-refractivity contribution in [2.75, 3.05) is 26.2 Å². The van der Waals surface area contributed by atoms with Crippen molar-refractivity contribution >= 4 is 5.97 Å². The first-order valence-corrected chi connectivity index (χ1v) is 6.87. The predicted octanol–water partition coefficient (Wildman–Crippen LogP) is 1.06. The van der Waals surface area contributed by atoms with Gasteiger partial charge in [0.25, 0.3) is 0 Å². The lowest BCUT2D eigenvalue weighted by Gasteiger charge is -2.34. The molecule has 102 valence electrons. The molecule has 1 aliphatic heterocycles. The van der Waals surface area contributed by atoms with E-state index in [1.165, 1.54) is 19.0 Å². The summed E-state index contributed by atoms with van der Waals surface area (Å²) in [7, 11) is 0. The first-order chi connectivity index (χ1) is 9.22. The van der Waals surface area contributed by atoms with Gasteiger partial charge in [0.1, 0.15) is 0 Å². The number of carboxylic acids is 1. The lowest BCUT2D eigenvalue weighted by atomic mass is 10.2. The minimum absolute atomic E-state index is 0.252. The van der Waals surface area contributed by atoms with E-state index in [0.717, 1.165) is 44.5 Å². The van der Waals surface area contributed by atoms with Crippen LogP contribution in [0, 0.1) is 0 Å². The number of hydrogen-bond acceptors (Lipinski definition) is 4. The highest BCUT2D eigenvalue weighted by Crippen LogP contribution is 2.27. The second-order valence-corrected chi connectivity index (χ2v) is 5.39. The third-order valence-corrected chi connectivity index (χ3v) is 3.93. The number of pyridine rings is 1. The average Bonchev–Trinajstić information content (AvgIpc) is 3.25. The number of piperazine rings is 1. The van der Waals surface area contributed by atoms with Crippen molar-refractivity contribution in [3.05, 3.63) is 29.6 Å². The number of rotatable bonds is 4. The number of carbonyl (C=O) groups is 1. The summed E-state index contributed by atoms with van der Waals surface area (Å²) in [5.74, 6) is -0.919. The zero-order valence-electron chi connectivity index (χ0n) is 11.0. The van der Waals surface area contributed by atoms with Crippen LogP contribution in [0.25, 0.3) is 0 Å². The maximum Gasteiger partial charge on any atom is 0.337 e. The van der Waals surface area contributed by atoms with E-state index in [1.54, 1.807) is 6.07 Å². The van der Waals surface area contributed by atoms with Crippen molar-refractivity contribution < 1.29 is 9.90 Å². The lowest BCUT2D eigenvalue weighted by Crippen LogP contribution is -2.46. The van der Waals surface area contributed by atoms with Crippen molar-refractivity contribution in [2.24, 2.45) is 0 Å². The summed E-state index contributed by atoms with van der Waals surface area (Å²) >= 11 is 0. The highest BCUT2D eigenvalue weighted by molar-refractivity contribution is 5.87. The molecule has 5 heteroatoms. The molecule has 3 rings (SSSR count). The first-order valence-electron chi connectivity index (χ1n) is 6.87. The molecule has 5 nitrogen and oxygen atoms in total. The highest BCUT2D eigenvalue weighted by atomic mass is 16.4. The minimum Gasteiger partial charge on any atom is -0.478 e. The quantitative estimate of drug-likeness (QED) is 0.878. The van der Waals surface area contributed by atoms with E-state index in [1.807, 2.05) is 6.07 Å². The Morgan fingerprint density at radius 2 is 2.00 bits per heavy atom. The van der Waals surface area contributed by atoms with Gasteiger partial charge in [0.2, 0.25) is 0 Å². The summed E-state index contributed by atoms with van der Waals surface area (Å²) in [6.07, 6.45) is 4.19. The molecular formula is C14H19N3O2. The summed E-state index contributed by atoms with van der Waals surface area (Å²) in [6.45, 7) is 5.28. The van der Waals surface area contributed by atoms with Gasteiger partial charge in [0, 0.05) is 45.0 Å². The Hall–Kier alpha value is -1.46. The van der Waals surface area contributed by atoms with Crippen molar-refractivity contribution in [3.8, 4) is 0 Å². The van der Waals surface area contributed by atoms with Crippen LogP contribution < -0.4 is 0 Å². The van der Waals surface area contributed by atoms with Gasteiger partial charge in [-0.3, -0.25) is 14.8 Å². The second-order valence-electron chi connectivity index (χ2n) is 5.39. The molecule has 0 spiro atoms. The summed E-state index contributed by atoms with van der Waals surface area (Å²) in [4.78, 5) is 19.9. The number of carboxylic acid groups (broad SMARTS) is 1. The maximum absolute atomic E-state index is 10.8. The largest absolute Gasteiger partial charge is 0.478 e. The summed E-state index contributed by atoms with van der Waals surface area (Å²) in [6, 6.07) is 4.30. The fourth-order valence-corrected chi connectivity index (χ4v) is 2.60. The smallest absolute Gasteiger partial charge is 0.337 e. The molecule has 1 N–H and O–H groups in total. The first kappa shape index (κ1) is 12.6. The van der Waals surface area contributed by atoms with Crippen LogP contribution in [0.4, 0.5) is 0 Å². The molecule has 0 atom stereocenters. The van der Waals surface area contributed by atoms with Crippen molar-refractivity contribution in [1.82, 2.24) is 14.8 Å². The van der Waals surface area contributed by atoms with E-state index in [9.17, 15) is 4.79 Å². The highest BCUT2D eigenvalue weighted by Gasteiger charge is 2.31. The molecule has 1 saturated carbocycles. The normalized spacial score (nSPS) is 21.5. The zero-order chi connectivity index (χ0) is 13.2. The SMILES string of the molecule is O=C(O)c1ccc(CN2CCN(C3CC3)CC2)nc1. The number of nitrogens with zero attached hydrogens (tertiary/aromatic N) is 3. The fraction of sp³-hybridized carbons (Fsp3) is 0.571. The monoisotopic (exact) mass is 261 g/mol. The van der Waals surface area contributed by atoms with E-state index in [4.69, 9.17) is 5.11 Å². The second kappa shape index (κ2) is 5.27. The van der Waals surface area contributed by atoms with Gasteiger partial charge in [-0.15, -0.1) is 0 Å². The van der Waals surface area contributed by atoms with Crippen LogP contribution in [0.2, 0.25) is 0 Å². The summed E-state index contributed by atoms with van der Waals surface area (Å²) in [5.41, 5.74) is 1.20. The van der Waals surface area contributed by atoms with Gasteiger partial charge in [0.15, 0.2) is 0 Å². The van der Waals surface area contributed by atoms with Crippen LogP contribution in [0.3, 0.4) is 0 Å². The Kier molecular flexibility index (Phi) is 3.48. The van der Waals surface area contributed by atoms with Crippen LogP contribution in [-0.2, 0) is 6.54 Å². The van der Waals surface area contributed by atoms with E-state index in [-0.39, 0.29) is 5.56 Å². The van der Waals surface area contributed by atoms with E-state index in [2.05, 4.69) is 14.8 Å².